The Balaban J connectivity index is 1.12. The number of pyridine rings is 1. The zero-order valence-electron chi connectivity index (χ0n) is 20.0. The van der Waals surface area contributed by atoms with E-state index in [1.54, 1.807) is 23.2 Å². The molecule has 1 fully saturated rings. The van der Waals surface area contributed by atoms with Crippen LogP contribution in [-0.4, -0.2) is 61.3 Å². The van der Waals surface area contributed by atoms with E-state index in [0.717, 1.165) is 11.3 Å². The number of urea groups is 2. The van der Waals surface area contributed by atoms with Gasteiger partial charge in [0, 0.05) is 43.8 Å². The van der Waals surface area contributed by atoms with Crippen molar-refractivity contribution in [1.82, 2.24) is 9.88 Å². The van der Waals surface area contributed by atoms with Gasteiger partial charge >= 0.3 is 12.1 Å². The molecule has 3 aromatic rings. The lowest BCUT2D eigenvalue weighted by molar-refractivity contribution is 0.172. The molecule has 4 amide bonds. The number of amides is 4. The summed E-state index contributed by atoms with van der Waals surface area (Å²) >= 11 is 0. The van der Waals surface area contributed by atoms with E-state index in [0.29, 0.717) is 68.1 Å². The van der Waals surface area contributed by atoms with Crippen LogP contribution in [0.15, 0.2) is 60.8 Å². The number of anilines is 4. The summed E-state index contributed by atoms with van der Waals surface area (Å²) < 4.78 is 11.2. The molecule has 0 bridgehead atoms. The molecule has 0 saturated carbocycles. The number of hydrogen-bond acceptors (Lipinski definition) is 6. The van der Waals surface area contributed by atoms with E-state index < -0.39 is 0 Å². The van der Waals surface area contributed by atoms with E-state index in [1.807, 2.05) is 49.4 Å². The molecule has 2 aliphatic rings. The number of para-hydroxylation sites is 1. The van der Waals surface area contributed by atoms with Crippen molar-refractivity contribution in [3.63, 3.8) is 0 Å². The fourth-order valence-electron chi connectivity index (χ4n) is 4.18. The number of aromatic nitrogens is 1. The lowest BCUT2D eigenvalue weighted by Gasteiger charge is -2.36. The number of benzene rings is 2. The summed E-state index contributed by atoms with van der Waals surface area (Å²) in [5.41, 5.74) is 3.19. The number of nitrogens with zero attached hydrogens (tertiary/aromatic N) is 3. The van der Waals surface area contributed by atoms with Crippen molar-refractivity contribution < 1.29 is 19.1 Å². The van der Waals surface area contributed by atoms with E-state index in [9.17, 15) is 9.59 Å². The molecular weight excluding hydrogens is 460 g/mol. The van der Waals surface area contributed by atoms with Gasteiger partial charge in [0.15, 0.2) is 11.5 Å². The summed E-state index contributed by atoms with van der Waals surface area (Å²) in [6.07, 6.45) is 1.67. The first-order valence-electron chi connectivity index (χ1n) is 11.9. The lowest BCUT2D eigenvalue weighted by Crippen LogP contribution is -2.50. The van der Waals surface area contributed by atoms with Gasteiger partial charge in [-0.15, -0.1) is 0 Å². The first-order valence-corrected chi connectivity index (χ1v) is 11.9. The van der Waals surface area contributed by atoms with Gasteiger partial charge < -0.3 is 29.9 Å². The first kappa shape index (κ1) is 23.3. The number of piperazine rings is 1. The van der Waals surface area contributed by atoms with Crippen LogP contribution in [0.25, 0.3) is 0 Å². The highest BCUT2D eigenvalue weighted by molar-refractivity contribution is 6.01. The smallest absolute Gasteiger partial charge is 0.323 e. The maximum atomic E-state index is 12.6. The Labute approximate surface area is 209 Å². The van der Waals surface area contributed by atoms with Gasteiger partial charge in [0.2, 0.25) is 0 Å². The summed E-state index contributed by atoms with van der Waals surface area (Å²) in [7, 11) is 0. The average molecular weight is 489 g/mol. The Morgan fingerprint density at radius 3 is 2.42 bits per heavy atom. The van der Waals surface area contributed by atoms with Gasteiger partial charge in [0.05, 0.1) is 5.69 Å². The summed E-state index contributed by atoms with van der Waals surface area (Å²) in [5, 5.41) is 8.56. The van der Waals surface area contributed by atoms with E-state index in [4.69, 9.17) is 9.47 Å². The van der Waals surface area contributed by atoms with Crippen LogP contribution in [0.1, 0.15) is 5.56 Å². The molecule has 10 heteroatoms. The van der Waals surface area contributed by atoms with Crippen LogP contribution < -0.4 is 30.3 Å². The average Bonchev–Trinajstić information content (AvgIpc) is 2.91. The van der Waals surface area contributed by atoms with Crippen molar-refractivity contribution in [2.24, 2.45) is 0 Å². The standard InChI is InChI=1S/C26H28N6O4/c1-18-4-3-11-27-24(18)30-26(34)32-14-12-31(13-15-32)20-9-7-19(8-10-20)28-25(33)29-21-5-2-6-22-23(21)36-17-16-35-22/h2-11H,12-17H2,1H3,(H,27,30,34)(H2,28,29,33). The Morgan fingerprint density at radius 2 is 1.64 bits per heavy atom. The van der Waals surface area contributed by atoms with Gasteiger partial charge in [-0.3, -0.25) is 5.32 Å². The van der Waals surface area contributed by atoms with Gasteiger partial charge in [-0.25, -0.2) is 14.6 Å². The van der Waals surface area contributed by atoms with Gasteiger partial charge in [-0.1, -0.05) is 12.1 Å². The predicted molar refractivity (Wildman–Crippen MR) is 138 cm³/mol. The topological polar surface area (TPSA) is 108 Å². The zero-order chi connectivity index (χ0) is 24.9. The minimum atomic E-state index is -0.368. The van der Waals surface area contributed by atoms with Crippen molar-refractivity contribution in [3.8, 4) is 11.5 Å². The third-order valence-corrected chi connectivity index (χ3v) is 6.11. The Bertz CT molecular complexity index is 1240. The maximum Gasteiger partial charge on any atom is 0.323 e. The summed E-state index contributed by atoms with van der Waals surface area (Å²) in [6, 6.07) is 16.3. The van der Waals surface area contributed by atoms with Crippen LogP contribution in [0, 0.1) is 6.92 Å². The Hall–Kier alpha value is -4.47. The normalized spacial score (nSPS) is 14.7. The van der Waals surface area contributed by atoms with Crippen molar-refractivity contribution in [2.45, 2.75) is 6.92 Å². The van der Waals surface area contributed by atoms with Crippen molar-refractivity contribution in [2.75, 3.05) is 60.2 Å². The van der Waals surface area contributed by atoms with Gasteiger partial charge in [-0.2, -0.15) is 0 Å². The molecule has 10 nitrogen and oxygen atoms in total. The Kier molecular flexibility index (Phi) is 6.74. The molecule has 3 N–H and O–H groups in total. The number of carbonyl (C=O) groups is 2. The molecule has 186 valence electrons. The SMILES string of the molecule is Cc1cccnc1NC(=O)N1CCN(c2ccc(NC(=O)Nc3cccc4c3OCCO4)cc2)CC1. The van der Waals surface area contributed by atoms with E-state index in [2.05, 4.69) is 25.8 Å². The van der Waals surface area contributed by atoms with Crippen molar-refractivity contribution in [1.29, 1.82) is 0 Å². The molecule has 0 radical (unpaired) electrons. The number of carbonyl (C=O) groups excluding carboxylic acids is 2. The number of hydrogen-bond donors (Lipinski definition) is 3. The molecule has 1 saturated heterocycles. The highest BCUT2D eigenvalue weighted by atomic mass is 16.6. The molecule has 0 atom stereocenters. The number of nitrogens with one attached hydrogen (secondary N) is 3. The van der Waals surface area contributed by atoms with Gasteiger partial charge in [0.25, 0.3) is 0 Å². The molecule has 1 aromatic heterocycles. The number of fused-ring (bicyclic) bond motifs is 1. The molecule has 0 spiro atoms. The third-order valence-electron chi connectivity index (χ3n) is 6.11. The van der Waals surface area contributed by atoms with Crippen LogP contribution in [0.3, 0.4) is 0 Å². The molecule has 2 aromatic carbocycles. The lowest BCUT2D eigenvalue weighted by atomic mass is 10.2. The second-order valence-corrected chi connectivity index (χ2v) is 8.53. The predicted octanol–water partition coefficient (Wildman–Crippen LogP) is 4.16. The van der Waals surface area contributed by atoms with Crippen molar-refractivity contribution in [3.05, 3.63) is 66.4 Å². The summed E-state index contributed by atoms with van der Waals surface area (Å²) in [5.74, 6) is 1.75. The highest BCUT2D eigenvalue weighted by Gasteiger charge is 2.22. The zero-order valence-corrected chi connectivity index (χ0v) is 20.0. The van der Waals surface area contributed by atoms with E-state index in [-0.39, 0.29) is 12.1 Å². The van der Waals surface area contributed by atoms with Crippen LogP contribution in [0.2, 0.25) is 0 Å². The number of ether oxygens (including phenoxy) is 2. The molecular formula is C26H28N6O4. The molecule has 0 aliphatic carbocycles. The van der Waals surface area contributed by atoms with Crippen LogP contribution in [-0.2, 0) is 0 Å². The van der Waals surface area contributed by atoms with Crippen molar-refractivity contribution >= 4 is 34.9 Å². The van der Waals surface area contributed by atoms with E-state index >= 15 is 0 Å². The highest BCUT2D eigenvalue weighted by Crippen LogP contribution is 2.37. The first-order chi connectivity index (χ1) is 17.6. The largest absolute Gasteiger partial charge is 0.486 e. The fourth-order valence-corrected chi connectivity index (χ4v) is 4.18. The Morgan fingerprint density at radius 1 is 0.861 bits per heavy atom. The minimum Gasteiger partial charge on any atom is -0.486 e. The fraction of sp³-hybridized carbons (Fsp3) is 0.269. The molecule has 0 unspecified atom stereocenters. The quantitative estimate of drug-likeness (QED) is 0.509. The monoisotopic (exact) mass is 488 g/mol. The maximum absolute atomic E-state index is 12.6. The van der Waals surface area contributed by atoms with Gasteiger partial charge in [-0.05, 0) is 55.0 Å². The van der Waals surface area contributed by atoms with Gasteiger partial charge in [0.1, 0.15) is 19.0 Å². The molecule has 5 rings (SSSR count). The summed E-state index contributed by atoms with van der Waals surface area (Å²) in [6.45, 7) is 5.48. The third kappa shape index (κ3) is 5.27. The number of aryl methyl sites for hydroxylation is 1. The van der Waals surface area contributed by atoms with E-state index in [1.165, 1.54) is 0 Å². The molecule has 36 heavy (non-hydrogen) atoms. The second kappa shape index (κ2) is 10.4. The molecule has 3 heterocycles. The van der Waals surface area contributed by atoms with Crippen LogP contribution >= 0.6 is 0 Å². The van der Waals surface area contributed by atoms with Crippen LogP contribution in [0.5, 0.6) is 11.5 Å². The second-order valence-electron chi connectivity index (χ2n) is 8.53. The minimum absolute atomic E-state index is 0.140. The number of rotatable bonds is 4. The molecule has 2 aliphatic heterocycles. The van der Waals surface area contributed by atoms with Crippen LogP contribution in [0.4, 0.5) is 32.5 Å². The summed E-state index contributed by atoms with van der Waals surface area (Å²) in [4.78, 5) is 33.4.